The Balaban J connectivity index is 2.62. The van der Waals surface area contributed by atoms with Crippen molar-refractivity contribution in [3.63, 3.8) is 0 Å². The average molecular weight is 262 g/mol. The first-order valence-corrected chi connectivity index (χ1v) is 6.11. The van der Waals surface area contributed by atoms with Crippen LogP contribution in [0, 0.1) is 5.82 Å². The summed E-state index contributed by atoms with van der Waals surface area (Å²) in [6.45, 7) is 8.72. The van der Waals surface area contributed by atoms with Gasteiger partial charge in [0.1, 0.15) is 5.82 Å². The van der Waals surface area contributed by atoms with E-state index in [2.05, 4.69) is 18.5 Å². The van der Waals surface area contributed by atoms with Crippen LogP contribution in [0.2, 0.25) is 0 Å². The first kappa shape index (κ1) is 15.1. The number of carbonyl (C=O) groups excluding carboxylic acids is 1. The minimum absolute atomic E-state index is 0.113. The maximum Gasteiger partial charge on any atom is 0.234 e. The Labute approximate surface area is 113 Å². The van der Waals surface area contributed by atoms with Crippen molar-refractivity contribution in [1.29, 1.82) is 0 Å². The van der Waals surface area contributed by atoms with Gasteiger partial charge in [-0.25, -0.2) is 4.39 Å². The van der Waals surface area contributed by atoms with Crippen LogP contribution in [-0.4, -0.2) is 30.4 Å². The van der Waals surface area contributed by atoms with Gasteiger partial charge in [0.15, 0.2) is 0 Å². The largest absolute Gasteiger partial charge is 0.352 e. The van der Waals surface area contributed by atoms with E-state index in [1.165, 1.54) is 6.07 Å². The van der Waals surface area contributed by atoms with Crippen molar-refractivity contribution in [2.45, 2.75) is 6.54 Å². The molecule has 1 aromatic rings. The number of halogens is 1. The number of benzene rings is 1. The highest BCUT2D eigenvalue weighted by Gasteiger charge is 2.11. The fourth-order valence-corrected chi connectivity index (χ4v) is 1.68. The van der Waals surface area contributed by atoms with E-state index in [1.807, 2.05) is 4.90 Å². The third kappa shape index (κ3) is 5.48. The van der Waals surface area contributed by atoms with Crippen LogP contribution >= 0.6 is 0 Å². The first-order chi connectivity index (χ1) is 9.17. The molecule has 1 N–H and O–H groups in total. The zero-order chi connectivity index (χ0) is 14.1. The predicted octanol–water partition coefficient (Wildman–Crippen LogP) is 2.12. The maximum atomic E-state index is 13.6. The van der Waals surface area contributed by atoms with Crippen LogP contribution < -0.4 is 5.32 Å². The molecular formula is C15H19FN2O. The number of carbonyl (C=O) groups is 1. The number of nitrogens with one attached hydrogen (secondary N) is 1. The summed E-state index contributed by atoms with van der Waals surface area (Å²) in [5.41, 5.74) is 0.570. The number of hydrogen-bond acceptors (Lipinski definition) is 2. The van der Waals surface area contributed by atoms with E-state index in [0.29, 0.717) is 25.2 Å². The zero-order valence-corrected chi connectivity index (χ0v) is 10.9. The second-order valence-electron chi connectivity index (χ2n) is 4.14. The van der Waals surface area contributed by atoms with Crippen molar-refractivity contribution in [3.05, 3.63) is 61.0 Å². The van der Waals surface area contributed by atoms with Crippen molar-refractivity contribution < 1.29 is 9.18 Å². The van der Waals surface area contributed by atoms with Gasteiger partial charge in [-0.2, -0.15) is 0 Å². The summed E-state index contributed by atoms with van der Waals surface area (Å²) in [5, 5.41) is 2.69. The average Bonchev–Trinajstić information content (AvgIpc) is 2.39. The zero-order valence-electron chi connectivity index (χ0n) is 10.9. The van der Waals surface area contributed by atoms with Crippen LogP contribution in [0.25, 0.3) is 0 Å². The van der Waals surface area contributed by atoms with Gasteiger partial charge < -0.3 is 5.32 Å². The molecule has 3 nitrogen and oxygen atoms in total. The molecule has 0 heterocycles. The highest BCUT2D eigenvalue weighted by atomic mass is 19.1. The summed E-state index contributed by atoms with van der Waals surface area (Å²) in [6, 6.07) is 6.56. The Hall–Kier alpha value is -1.94. The van der Waals surface area contributed by atoms with Crippen molar-refractivity contribution in [2.75, 3.05) is 19.6 Å². The van der Waals surface area contributed by atoms with E-state index in [4.69, 9.17) is 0 Å². The third-order valence-corrected chi connectivity index (χ3v) is 2.55. The fourth-order valence-electron chi connectivity index (χ4n) is 1.68. The molecule has 0 saturated carbocycles. The minimum atomic E-state index is -0.261. The van der Waals surface area contributed by atoms with E-state index in [-0.39, 0.29) is 18.3 Å². The second kappa shape index (κ2) is 8.21. The monoisotopic (exact) mass is 262 g/mol. The van der Waals surface area contributed by atoms with Crippen LogP contribution in [0.3, 0.4) is 0 Å². The Morgan fingerprint density at radius 3 is 2.68 bits per heavy atom. The van der Waals surface area contributed by atoms with Crippen molar-refractivity contribution in [2.24, 2.45) is 0 Å². The van der Waals surface area contributed by atoms with Crippen LogP contribution in [0.1, 0.15) is 5.56 Å². The Bertz CT molecular complexity index is 446. The summed E-state index contributed by atoms with van der Waals surface area (Å²) < 4.78 is 13.6. The smallest absolute Gasteiger partial charge is 0.234 e. The van der Waals surface area contributed by atoms with Gasteiger partial charge in [-0.05, 0) is 6.07 Å². The molecule has 0 fully saturated rings. The summed E-state index contributed by atoms with van der Waals surface area (Å²) in [6.07, 6.45) is 3.31. The van der Waals surface area contributed by atoms with Crippen molar-refractivity contribution in [1.82, 2.24) is 10.2 Å². The van der Waals surface area contributed by atoms with Crippen LogP contribution in [0.15, 0.2) is 49.6 Å². The van der Waals surface area contributed by atoms with Crippen molar-refractivity contribution in [3.8, 4) is 0 Å². The molecule has 1 rings (SSSR count). The quantitative estimate of drug-likeness (QED) is 0.728. The Morgan fingerprint density at radius 1 is 1.32 bits per heavy atom. The molecule has 102 valence electrons. The molecule has 1 amide bonds. The molecule has 1 aromatic carbocycles. The number of rotatable bonds is 8. The second-order valence-corrected chi connectivity index (χ2v) is 4.14. The van der Waals surface area contributed by atoms with Gasteiger partial charge in [-0.3, -0.25) is 9.69 Å². The molecule has 0 spiro atoms. The number of amides is 1. The van der Waals surface area contributed by atoms with E-state index < -0.39 is 0 Å². The lowest BCUT2D eigenvalue weighted by Gasteiger charge is -2.20. The van der Waals surface area contributed by atoms with Crippen LogP contribution in [0.4, 0.5) is 4.39 Å². The van der Waals surface area contributed by atoms with Crippen LogP contribution in [0.5, 0.6) is 0 Å². The standard InChI is InChI=1S/C15H19FN2O/c1-3-9-17-15(19)12-18(10-4-2)11-13-7-5-6-8-14(13)16/h3-8H,1-2,9-12H2,(H,17,19). The van der Waals surface area contributed by atoms with Gasteiger partial charge in [-0.15, -0.1) is 13.2 Å². The topological polar surface area (TPSA) is 32.3 Å². The van der Waals surface area contributed by atoms with Crippen LogP contribution in [-0.2, 0) is 11.3 Å². The normalized spacial score (nSPS) is 10.2. The van der Waals surface area contributed by atoms with Gasteiger partial charge in [0, 0.05) is 25.2 Å². The molecule has 0 aromatic heterocycles. The van der Waals surface area contributed by atoms with Gasteiger partial charge in [0.05, 0.1) is 6.54 Å². The number of nitrogens with zero attached hydrogens (tertiary/aromatic N) is 1. The molecule has 0 radical (unpaired) electrons. The Morgan fingerprint density at radius 2 is 2.05 bits per heavy atom. The lowest BCUT2D eigenvalue weighted by molar-refractivity contribution is -0.122. The van der Waals surface area contributed by atoms with Gasteiger partial charge >= 0.3 is 0 Å². The molecule has 0 aliphatic carbocycles. The maximum absolute atomic E-state index is 13.6. The number of hydrogen-bond donors (Lipinski definition) is 1. The Kier molecular flexibility index (Phi) is 6.53. The van der Waals surface area contributed by atoms with E-state index in [0.717, 1.165) is 0 Å². The lowest BCUT2D eigenvalue weighted by atomic mass is 10.2. The molecule has 0 saturated heterocycles. The molecule has 0 bridgehead atoms. The predicted molar refractivity (Wildman–Crippen MR) is 75.1 cm³/mol. The van der Waals surface area contributed by atoms with E-state index >= 15 is 0 Å². The lowest BCUT2D eigenvalue weighted by Crippen LogP contribution is -2.37. The van der Waals surface area contributed by atoms with E-state index in [9.17, 15) is 9.18 Å². The molecular weight excluding hydrogens is 243 g/mol. The van der Waals surface area contributed by atoms with Gasteiger partial charge in [0.25, 0.3) is 0 Å². The summed E-state index contributed by atoms with van der Waals surface area (Å²) in [7, 11) is 0. The molecule has 0 atom stereocenters. The minimum Gasteiger partial charge on any atom is -0.352 e. The summed E-state index contributed by atoms with van der Waals surface area (Å²) in [4.78, 5) is 13.5. The van der Waals surface area contributed by atoms with E-state index in [1.54, 1.807) is 30.4 Å². The SMILES string of the molecule is C=CCNC(=O)CN(CC=C)Cc1ccccc1F. The molecule has 4 heteroatoms. The molecule has 19 heavy (non-hydrogen) atoms. The van der Waals surface area contributed by atoms with Gasteiger partial charge in [-0.1, -0.05) is 30.4 Å². The molecule has 0 unspecified atom stereocenters. The highest BCUT2D eigenvalue weighted by Crippen LogP contribution is 2.09. The fraction of sp³-hybridized carbons (Fsp3) is 0.267. The third-order valence-electron chi connectivity index (χ3n) is 2.55. The first-order valence-electron chi connectivity index (χ1n) is 6.11. The highest BCUT2D eigenvalue weighted by molar-refractivity contribution is 5.78. The molecule has 0 aliphatic heterocycles. The van der Waals surface area contributed by atoms with Crippen molar-refractivity contribution >= 4 is 5.91 Å². The molecule has 0 aliphatic rings. The van der Waals surface area contributed by atoms with Gasteiger partial charge in [0.2, 0.25) is 5.91 Å². The summed E-state index contributed by atoms with van der Waals surface area (Å²) >= 11 is 0. The summed E-state index contributed by atoms with van der Waals surface area (Å²) in [5.74, 6) is -0.374.